The predicted octanol–water partition coefficient (Wildman–Crippen LogP) is 2.22. The molecule has 0 aromatic heterocycles. The Morgan fingerprint density at radius 1 is 1.38 bits per heavy atom. The van der Waals surface area contributed by atoms with Crippen molar-refractivity contribution in [3.05, 3.63) is 35.1 Å². The van der Waals surface area contributed by atoms with Gasteiger partial charge in [0.1, 0.15) is 5.82 Å². The van der Waals surface area contributed by atoms with Gasteiger partial charge in [0.25, 0.3) is 0 Å². The molecule has 0 unspecified atom stereocenters. The molecule has 0 radical (unpaired) electrons. The fourth-order valence-corrected chi connectivity index (χ4v) is 2.38. The van der Waals surface area contributed by atoms with Crippen molar-refractivity contribution in [2.75, 3.05) is 0 Å². The predicted molar refractivity (Wildman–Crippen MR) is 61.5 cm³/mol. The van der Waals surface area contributed by atoms with Gasteiger partial charge in [-0.15, -0.1) is 0 Å². The van der Waals surface area contributed by atoms with Crippen LogP contribution in [0.3, 0.4) is 0 Å². The van der Waals surface area contributed by atoms with Crippen molar-refractivity contribution >= 4 is 0 Å². The summed E-state index contributed by atoms with van der Waals surface area (Å²) in [6, 6.07) is 5.04. The first-order valence-corrected chi connectivity index (χ1v) is 5.76. The first kappa shape index (κ1) is 11.6. The zero-order chi connectivity index (χ0) is 11.8. The highest BCUT2D eigenvalue weighted by atomic mass is 19.1. The third kappa shape index (κ3) is 2.11. The number of benzene rings is 1. The molecule has 2 rings (SSSR count). The maximum Gasteiger partial charge on any atom is 0.129 e. The summed E-state index contributed by atoms with van der Waals surface area (Å²) in [5.41, 5.74) is 6.18. The molecule has 1 aromatic carbocycles. The lowest BCUT2D eigenvalue weighted by Gasteiger charge is -2.35. The van der Waals surface area contributed by atoms with Crippen molar-refractivity contribution < 1.29 is 9.50 Å². The first-order chi connectivity index (χ1) is 7.51. The van der Waals surface area contributed by atoms with Crippen molar-refractivity contribution in [1.29, 1.82) is 0 Å². The van der Waals surface area contributed by atoms with Gasteiger partial charge < -0.3 is 10.8 Å². The van der Waals surface area contributed by atoms with Gasteiger partial charge >= 0.3 is 0 Å². The number of aliphatic hydroxyl groups is 1. The van der Waals surface area contributed by atoms with Crippen molar-refractivity contribution in [3.8, 4) is 0 Å². The second-order valence-electron chi connectivity index (χ2n) is 4.85. The van der Waals surface area contributed by atoms with E-state index in [4.69, 9.17) is 5.73 Å². The number of halogens is 1. The highest BCUT2D eigenvalue weighted by molar-refractivity contribution is 5.29. The molecule has 1 aliphatic carbocycles. The molecule has 3 N–H and O–H groups in total. The van der Waals surface area contributed by atoms with E-state index < -0.39 is 5.60 Å². The Labute approximate surface area is 95.3 Å². The Hall–Kier alpha value is -0.930. The zero-order valence-electron chi connectivity index (χ0n) is 9.54. The van der Waals surface area contributed by atoms with Crippen LogP contribution in [-0.2, 0) is 5.60 Å². The van der Waals surface area contributed by atoms with Gasteiger partial charge in [-0.3, -0.25) is 0 Å². The molecule has 0 spiro atoms. The average Bonchev–Trinajstić information content (AvgIpc) is 2.26. The first-order valence-electron chi connectivity index (χ1n) is 5.76. The van der Waals surface area contributed by atoms with Gasteiger partial charge in [-0.2, -0.15) is 0 Å². The molecule has 0 aliphatic heterocycles. The molecule has 0 bridgehead atoms. The van der Waals surface area contributed by atoms with Crippen LogP contribution in [0.15, 0.2) is 18.2 Å². The lowest BCUT2D eigenvalue weighted by Crippen LogP contribution is -2.37. The summed E-state index contributed by atoms with van der Waals surface area (Å²) in [6.45, 7) is 1.90. The molecule has 16 heavy (non-hydrogen) atoms. The maximum absolute atomic E-state index is 13.7. The molecule has 1 aliphatic rings. The standard InChI is InChI=1S/C13H18FNO/c1-9-2-3-12(14)11(8-9)13(16)6-4-10(15)5-7-13/h2-3,8,10,16H,4-7,15H2,1H3. The molecule has 1 saturated carbocycles. The summed E-state index contributed by atoms with van der Waals surface area (Å²) in [6.07, 6.45) is 2.61. The quantitative estimate of drug-likeness (QED) is 0.767. The van der Waals surface area contributed by atoms with Gasteiger partial charge in [0.15, 0.2) is 0 Å². The third-order valence-corrected chi connectivity index (χ3v) is 3.48. The minimum absolute atomic E-state index is 0.146. The van der Waals surface area contributed by atoms with Crippen LogP contribution in [0.5, 0.6) is 0 Å². The molecule has 1 aromatic rings. The number of hydrogen-bond donors (Lipinski definition) is 2. The Balaban J connectivity index is 2.32. The van der Waals surface area contributed by atoms with E-state index in [1.54, 1.807) is 12.1 Å². The van der Waals surface area contributed by atoms with Crippen LogP contribution in [0, 0.1) is 12.7 Å². The highest BCUT2D eigenvalue weighted by Crippen LogP contribution is 2.38. The van der Waals surface area contributed by atoms with E-state index in [2.05, 4.69) is 0 Å². The van der Waals surface area contributed by atoms with E-state index >= 15 is 0 Å². The summed E-state index contributed by atoms with van der Waals surface area (Å²) in [7, 11) is 0. The van der Waals surface area contributed by atoms with Gasteiger partial charge in [0.05, 0.1) is 5.60 Å². The summed E-state index contributed by atoms with van der Waals surface area (Å²) in [5.74, 6) is -0.316. The minimum Gasteiger partial charge on any atom is -0.385 e. The van der Waals surface area contributed by atoms with E-state index in [0.717, 1.165) is 18.4 Å². The normalized spacial score (nSPS) is 30.4. The highest BCUT2D eigenvalue weighted by Gasteiger charge is 2.35. The molecule has 88 valence electrons. The van der Waals surface area contributed by atoms with E-state index in [-0.39, 0.29) is 11.9 Å². The van der Waals surface area contributed by atoms with Crippen LogP contribution in [0.2, 0.25) is 0 Å². The monoisotopic (exact) mass is 223 g/mol. The van der Waals surface area contributed by atoms with Crippen LogP contribution < -0.4 is 5.73 Å². The molecule has 1 fully saturated rings. The lowest BCUT2D eigenvalue weighted by atomic mass is 9.77. The summed E-state index contributed by atoms with van der Waals surface area (Å²) in [5, 5.41) is 10.5. The number of rotatable bonds is 1. The fraction of sp³-hybridized carbons (Fsp3) is 0.538. The molecule has 0 heterocycles. The van der Waals surface area contributed by atoms with Gasteiger partial charge in [-0.25, -0.2) is 4.39 Å². The van der Waals surface area contributed by atoms with Gasteiger partial charge in [-0.05, 0) is 38.7 Å². The van der Waals surface area contributed by atoms with Crippen molar-refractivity contribution in [2.24, 2.45) is 5.73 Å². The Kier molecular flexibility index (Phi) is 3.00. The average molecular weight is 223 g/mol. The Morgan fingerprint density at radius 3 is 2.62 bits per heavy atom. The number of aryl methyl sites for hydroxylation is 1. The number of hydrogen-bond acceptors (Lipinski definition) is 2. The van der Waals surface area contributed by atoms with Crippen molar-refractivity contribution in [3.63, 3.8) is 0 Å². The Morgan fingerprint density at radius 2 is 2.00 bits per heavy atom. The maximum atomic E-state index is 13.7. The van der Waals surface area contributed by atoms with Crippen LogP contribution >= 0.6 is 0 Å². The zero-order valence-corrected chi connectivity index (χ0v) is 9.54. The van der Waals surface area contributed by atoms with Crippen LogP contribution in [-0.4, -0.2) is 11.1 Å². The third-order valence-electron chi connectivity index (χ3n) is 3.48. The molecular weight excluding hydrogens is 205 g/mol. The van der Waals surface area contributed by atoms with Gasteiger partial charge in [0, 0.05) is 11.6 Å². The van der Waals surface area contributed by atoms with Crippen LogP contribution in [0.25, 0.3) is 0 Å². The molecule has 0 amide bonds. The van der Waals surface area contributed by atoms with Crippen molar-refractivity contribution in [2.45, 2.75) is 44.2 Å². The van der Waals surface area contributed by atoms with E-state index in [1.807, 2.05) is 6.92 Å². The number of nitrogens with two attached hydrogens (primary N) is 1. The van der Waals surface area contributed by atoms with Gasteiger partial charge in [-0.1, -0.05) is 17.7 Å². The largest absolute Gasteiger partial charge is 0.385 e. The summed E-state index contributed by atoms with van der Waals surface area (Å²) in [4.78, 5) is 0. The molecule has 2 nitrogen and oxygen atoms in total. The lowest BCUT2D eigenvalue weighted by molar-refractivity contribution is -0.00804. The molecule has 3 heteroatoms. The summed E-state index contributed by atoms with van der Waals surface area (Å²) >= 11 is 0. The minimum atomic E-state index is -1.02. The van der Waals surface area contributed by atoms with E-state index in [9.17, 15) is 9.50 Å². The SMILES string of the molecule is Cc1ccc(F)c(C2(O)CCC(N)CC2)c1. The van der Waals surface area contributed by atoms with Gasteiger partial charge in [0.2, 0.25) is 0 Å². The Bertz CT molecular complexity index is 384. The summed E-state index contributed by atoms with van der Waals surface area (Å²) < 4.78 is 13.7. The second kappa shape index (κ2) is 4.15. The molecule has 0 atom stereocenters. The molecule has 0 saturated heterocycles. The topological polar surface area (TPSA) is 46.2 Å². The fourth-order valence-electron chi connectivity index (χ4n) is 2.38. The van der Waals surface area contributed by atoms with E-state index in [1.165, 1.54) is 6.07 Å². The van der Waals surface area contributed by atoms with E-state index in [0.29, 0.717) is 18.4 Å². The van der Waals surface area contributed by atoms with Crippen LogP contribution in [0.4, 0.5) is 4.39 Å². The smallest absolute Gasteiger partial charge is 0.129 e. The molecular formula is C13H18FNO. The second-order valence-corrected chi connectivity index (χ2v) is 4.85. The van der Waals surface area contributed by atoms with Crippen molar-refractivity contribution in [1.82, 2.24) is 0 Å². The van der Waals surface area contributed by atoms with Crippen LogP contribution in [0.1, 0.15) is 36.8 Å².